The van der Waals surface area contributed by atoms with Gasteiger partial charge in [0.05, 0.1) is 7.11 Å². The van der Waals surface area contributed by atoms with Crippen LogP contribution in [-0.2, 0) is 19.5 Å². The van der Waals surface area contributed by atoms with E-state index < -0.39 is 0 Å². The number of benzene rings is 1. The van der Waals surface area contributed by atoms with Crippen LogP contribution in [0.5, 0.6) is 5.75 Å². The summed E-state index contributed by atoms with van der Waals surface area (Å²) in [5, 5.41) is 0.615. The summed E-state index contributed by atoms with van der Waals surface area (Å²) >= 11 is 1.54. The molecule has 0 spiro atoms. The average molecular weight is 354 g/mol. The van der Waals surface area contributed by atoms with E-state index in [4.69, 9.17) is 10.5 Å². The minimum atomic E-state index is 0.615. The molecule has 0 amide bonds. The third-order valence-corrected chi connectivity index (χ3v) is 4.74. The summed E-state index contributed by atoms with van der Waals surface area (Å²) in [6.45, 7) is 2.60. The van der Waals surface area contributed by atoms with E-state index in [1.807, 2.05) is 36.7 Å². The molecule has 0 saturated heterocycles. The van der Waals surface area contributed by atoms with Crippen LogP contribution in [0, 0.1) is 0 Å². The number of nitrogens with zero attached hydrogens (tertiary/aromatic N) is 3. The molecule has 130 valence electrons. The van der Waals surface area contributed by atoms with Gasteiger partial charge >= 0.3 is 0 Å². The van der Waals surface area contributed by atoms with Crippen LogP contribution in [0.4, 0.5) is 5.13 Å². The minimum Gasteiger partial charge on any atom is -0.497 e. The highest BCUT2D eigenvalue weighted by molar-refractivity contribution is 7.15. The first kappa shape index (κ1) is 17.4. The summed E-state index contributed by atoms with van der Waals surface area (Å²) in [6.07, 6.45) is 4.61. The monoisotopic (exact) mass is 354 g/mol. The van der Waals surface area contributed by atoms with Crippen molar-refractivity contribution in [2.45, 2.75) is 19.5 Å². The molecule has 3 rings (SSSR count). The molecule has 0 atom stereocenters. The summed E-state index contributed by atoms with van der Waals surface area (Å²) in [5.41, 5.74) is 8.12. The smallest absolute Gasteiger partial charge is 0.180 e. The molecule has 0 radical (unpaired) electrons. The second-order valence-electron chi connectivity index (χ2n) is 5.79. The van der Waals surface area contributed by atoms with Gasteiger partial charge in [-0.1, -0.05) is 18.2 Å². The van der Waals surface area contributed by atoms with Crippen LogP contribution in [0.2, 0.25) is 0 Å². The van der Waals surface area contributed by atoms with E-state index in [9.17, 15) is 0 Å². The number of ether oxygens (including phenoxy) is 1. The maximum absolute atomic E-state index is 5.77. The van der Waals surface area contributed by atoms with Crippen LogP contribution in [-0.4, -0.2) is 28.5 Å². The zero-order chi connectivity index (χ0) is 17.5. The quantitative estimate of drug-likeness (QED) is 0.672. The lowest BCUT2D eigenvalue weighted by Gasteiger charge is -2.21. The van der Waals surface area contributed by atoms with Gasteiger partial charge in [-0.05, 0) is 29.8 Å². The number of hydrogen-bond acceptors (Lipinski definition) is 6. The summed E-state index contributed by atoms with van der Waals surface area (Å²) in [7, 11) is 1.68. The van der Waals surface area contributed by atoms with Crippen LogP contribution >= 0.6 is 11.3 Å². The third-order valence-electron chi connectivity index (χ3n) is 3.93. The van der Waals surface area contributed by atoms with Crippen molar-refractivity contribution in [3.63, 3.8) is 0 Å². The number of hydrogen-bond donors (Lipinski definition) is 1. The molecular formula is C19H22N4OS. The predicted octanol–water partition coefficient (Wildman–Crippen LogP) is 3.37. The van der Waals surface area contributed by atoms with Crippen LogP contribution < -0.4 is 10.5 Å². The number of aromatic nitrogens is 2. The number of rotatable bonds is 8. The van der Waals surface area contributed by atoms with Gasteiger partial charge in [0.15, 0.2) is 5.13 Å². The Morgan fingerprint density at radius 1 is 1.08 bits per heavy atom. The molecule has 2 N–H and O–H groups in total. The summed E-state index contributed by atoms with van der Waals surface area (Å²) < 4.78 is 5.24. The topological polar surface area (TPSA) is 64.3 Å². The standard InChI is InChI=1S/C19H22N4OS/c1-24-17-7-5-15(6-8-17)13-23(14-18-12-22-19(20)25-18)11-9-16-4-2-3-10-21-16/h2-8,10,12H,9,11,13-14H2,1H3,(H2,20,22). The van der Waals surface area contributed by atoms with E-state index in [-0.39, 0.29) is 0 Å². The Morgan fingerprint density at radius 2 is 1.92 bits per heavy atom. The molecule has 0 unspecified atom stereocenters. The molecule has 0 fully saturated rings. The van der Waals surface area contributed by atoms with Crippen LogP contribution in [0.3, 0.4) is 0 Å². The maximum Gasteiger partial charge on any atom is 0.180 e. The van der Waals surface area contributed by atoms with E-state index in [0.29, 0.717) is 5.13 Å². The first-order chi connectivity index (χ1) is 12.2. The fourth-order valence-electron chi connectivity index (χ4n) is 2.64. The van der Waals surface area contributed by atoms with E-state index in [2.05, 4.69) is 33.1 Å². The summed E-state index contributed by atoms with van der Waals surface area (Å²) in [4.78, 5) is 12.1. The average Bonchev–Trinajstić information content (AvgIpc) is 3.06. The lowest BCUT2D eigenvalue weighted by molar-refractivity contribution is 0.261. The zero-order valence-electron chi connectivity index (χ0n) is 14.3. The fourth-order valence-corrected chi connectivity index (χ4v) is 3.36. The number of thiazole rings is 1. The number of pyridine rings is 1. The zero-order valence-corrected chi connectivity index (χ0v) is 15.1. The predicted molar refractivity (Wildman–Crippen MR) is 102 cm³/mol. The van der Waals surface area contributed by atoms with Crippen molar-refractivity contribution in [2.75, 3.05) is 19.4 Å². The Hall–Kier alpha value is -2.44. The normalized spacial score (nSPS) is 11.0. The van der Waals surface area contributed by atoms with Gasteiger partial charge in [-0.25, -0.2) is 4.98 Å². The van der Waals surface area contributed by atoms with Crippen molar-refractivity contribution in [1.82, 2.24) is 14.9 Å². The van der Waals surface area contributed by atoms with Crippen molar-refractivity contribution in [3.05, 3.63) is 71.0 Å². The van der Waals surface area contributed by atoms with Crippen LogP contribution in [0.25, 0.3) is 0 Å². The molecule has 6 heteroatoms. The second kappa shape index (κ2) is 8.60. The lowest BCUT2D eigenvalue weighted by Crippen LogP contribution is -2.25. The summed E-state index contributed by atoms with van der Waals surface area (Å²) in [6, 6.07) is 14.2. The van der Waals surface area contributed by atoms with Gasteiger partial charge in [0.2, 0.25) is 0 Å². The minimum absolute atomic E-state index is 0.615. The van der Waals surface area contributed by atoms with Crippen LogP contribution in [0.15, 0.2) is 54.9 Å². The first-order valence-electron chi connectivity index (χ1n) is 8.18. The molecule has 0 aliphatic rings. The largest absolute Gasteiger partial charge is 0.497 e. The van der Waals surface area contributed by atoms with E-state index in [1.165, 1.54) is 10.4 Å². The van der Waals surface area contributed by atoms with E-state index in [0.717, 1.165) is 37.5 Å². The van der Waals surface area contributed by atoms with Gasteiger partial charge in [-0.15, -0.1) is 11.3 Å². The molecule has 2 heterocycles. The van der Waals surface area contributed by atoms with E-state index in [1.54, 1.807) is 18.4 Å². The number of methoxy groups -OCH3 is 1. The van der Waals surface area contributed by atoms with Crippen molar-refractivity contribution in [1.29, 1.82) is 0 Å². The first-order valence-corrected chi connectivity index (χ1v) is 9.00. The summed E-state index contributed by atoms with van der Waals surface area (Å²) in [5.74, 6) is 0.874. The molecule has 0 saturated carbocycles. The van der Waals surface area contributed by atoms with Gasteiger partial charge < -0.3 is 10.5 Å². The molecule has 2 aromatic heterocycles. The Kier molecular flexibility index (Phi) is 5.98. The Balaban J connectivity index is 1.68. The highest BCUT2D eigenvalue weighted by Gasteiger charge is 2.10. The fraction of sp³-hybridized carbons (Fsp3) is 0.263. The second-order valence-corrected chi connectivity index (χ2v) is 6.94. The van der Waals surface area contributed by atoms with Gasteiger partial charge in [0.1, 0.15) is 5.75 Å². The number of nitrogens with two attached hydrogens (primary N) is 1. The van der Waals surface area contributed by atoms with Gasteiger partial charge in [0, 0.05) is 49.0 Å². The number of nitrogen functional groups attached to an aromatic ring is 1. The van der Waals surface area contributed by atoms with Crippen molar-refractivity contribution >= 4 is 16.5 Å². The van der Waals surface area contributed by atoms with Gasteiger partial charge in [-0.2, -0.15) is 0 Å². The Bertz CT molecular complexity index is 774. The lowest BCUT2D eigenvalue weighted by atomic mass is 10.2. The molecule has 25 heavy (non-hydrogen) atoms. The SMILES string of the molecule is COc1ccc(CN(CCc2ccccn2)Cc2cnc(N)s2)cc1. The van der Waals surface area contributed by atoms with Gasteiger partial charge in [-0.3, -0.25) is 9.88 Å². The molecule has 0 bridgehead atoms. The van der Waals surface area contributed by atoms with E-state index >= 15 is 0 Å². The van der Waals surface area contributed by atoms with Crippen LogP contribution in [0.1, 0.15) is 16.1 Å². The van der Waals surface area contributed by atoms with Gasteiger partial charge in [0.25, 0.3) is 0 Å². The number of anilines is 1. The Labute approximate surface area is 152 Å². The Morgan fingerprint density at radius 3 is 2.56 bits per heavy atom. The molecule has 1 aromatic carbocycles. The molecule has 0 aliphatic carbocycles. The van der Waals surface area contributed by atoms with Crippen molar-refractivity contribution in [2.24, 2.45) is 0 Å². The highest BCUT2D eigenvalue weighted by atomic mass is 32.1. The van der Waals surface area contributed by atoms with Crippen molar-refractivity contribution in [3.8, 4) is 5.75 Å². The molecular weight excluding hydrogens is 332 g/mol. The van der Waals surface area contributed by atoms with Crippen molar-refractivity contribution < 1.29 is 4.74 Å². The molecule has 5 nitrogen and oxygen atoms in total. The maximum atomic E-state index is 5.77. The third kappa shape index (κ3) is 5.27. The molecule has 0 aliphatic heterocycles. The molecule has 3 aromatic rings. The highest BCUT2D eigenvalue weighted by Crippen LogP contribution is 2.19.